The summed E-state index contributed by atoms with van der Waals surface area (Å²) in [6.45, 7) is 0.323. The molecule has 0 saturated carbocycles. The highest BCUT2D eigenvalue weighted by Crippen LogP contribution is 2.16. The van der Waals surface area contributed by atoms with E-state index in [1.54, 1.807) is 31.2 Å². The summed E-state index contributed by atoms with van der Waals surface area (Å²) in [5.41, 5.74) is 1.42. The Morgan fingerprint density at radius 2 is 1.90 bits per heavy atom. The van der Waals surface area contributed by atoms with E-state index in [4.69, 9.17) is 5.11 Å². The van der Waals surface area contributed by atoms with Gasteiger partial charge in [0.1, 0.15) is 11.4 Å². The Balaban J connectivity index is 1.71. The predicted octanol–water partition coefficient (Wildman–Crippen LogP) is 0.00710. The molecular formula is C17H20N8O4. The molecule has 0 atom stereocenters. The Bertz CT molecular complexity index is 1050. The maximum Gasteiger partial charge on any atom is 0.305 e. The zero-order chi connectivity index (χ0) is 21.0. The van der Waals surface area contributed by atoms with Gasteiger partial charge < -0.3 is 15.7 Å². The molecule has 12 heteroatoms. The second-order valence-corrected chi connectivity index (χ2v) is 6.27. The second-order valence-electron chi connectivity index (χ2n) is 6.27. The number of carboxylic acid groups (broad SMARTS) is 1. The number of anilines is 1. The molecule has 29 heavy (non-hydrogen) atoms. The van der Waals surface area contributed by atoms with E-state index in [2.05, 4.69) is 25.9 Å². The van der Waals surface area contributed by atoms with Crippen LogP contribution in [-0.2, 0) is 32.0 Å². The maximum atomic E-state index is 12.6. The zero-order valence-corrected chi connectivity index (χ0v) is 15.9. The number of carbonyl (C=O) groups excluding carboxylic acids is 2. The number of aliphatic carboxylic acids is 1. The van der Waals surface area contributed by atoms with Crippen LogP contribution >= 0.6 is 0 Å². The number of amides is 2. The highest BCUT2D eigenvalue weighted by molar-refractivity contribution is 6.07. The lowest BCUT2D eigenvalue weighted by Crippen LogP contribution is -2.27. The van der Waals surface area contributed by atoms with Crippen LogP contribution in [0.2, 0.25) is 0 Å². The molecule has 0 unspecified atom stereocenters. The van der Waals surface area contributed by atoms with Gasteiger partial charge in [0.15, 0.2) is 0 Å². The van der Waals surface area contributed by atoms with Crippen LogP contribution in [0.15, 0.2) is 30.9 Å². The molecule has 0 aliphatic rings. The van der Waals surface area contributed by atoms with E-state index in [1.165, 1.54) is 27.8 Å². The Morgan fingerprint density at radius 3 is 2.59 bits per heavy atom. The van der Waals surface area contributed by atoms with E-state index in [0.29, 0.717) is 0 Å². The van der Waals surface area contributed by atoms with E-state index in [-0.39, 0.29) is 36.6 Å². The van der Waals surface area contributed by atoms with Crippen LogP contribution in [0.4, 0.5) is 5.69 Å². The number of nitrogens with zero attached hydrogens (tertiary/aromatic N) is 6. The normalized spacial score (nSPS) is 10.7. The highest BCUT2D eigenvalue weighted by atomic mass is 16.4. The summed E-state index contributed by atoms with van der Waals surface area (Å²) in [5, 5.41) is 26.2. The molecule has 0 bridgehead atoms. The third-order valence-electron chi connectivity index (χ3n) is 4.10. The van der Waals surface area contributed by atoms with E-state index in [1.807, 2.05) is 0 Å². The van der Waals surface area contributed by atoms with Gasteiger partial charge in [-0.05, 0) is 6.07 Å². The molecular weight excluding hydrogens is 380 g/mol. The number of carboxylic acids is 1. The lowest BCUT2D eigenvalue weighted by Gasteiger charge is -2.09. The van der Waals surface area contributed by atoms with Gasteiger partial charge in [-0.3, -0.25) is 28.4 Å². The van der Waals surface area contributed by atoms with Crippen LogP contribution in [0, 0.1) is 0 Å². The van der Waals surface area contributed by atoms with Gasteiger partial charge in [0.2, 0.25) is 0 Å². The highest BCUT2D eigenvalue weighted by Gasteiger charge is 2.21. The molecule has 2 amide bonds. The predicted molar refractivity (Wildman–Crippen MR) is 100 cm³/mol. The van der Waals surface area contributed by atoms with Crippen LogP contribution in [0.3, 0.4) is 0 Å². The standard InChI is InChI=1S/C17H20N8O4/c1-23-10-11(8-20-23)7-18-17(29)15-12(9-21-24(15)2)22-16(28)13-3-5-19-25(13)6-4-14(26)27/h3,5,8-10H,4,6-7H2,1-2H3,(H,18,29)(H,22,28)(H,26,27). The molecule has 12 nitrogen and oxygen atoms in total. The van der Waals surface area contributed by atoms with Crippen molar-refractivity contribution >= 4 is 23.5 Å². The maximum absolute atomic E-state index is 12.6. The summed E-state index contributed by atoms with van der Waals surface area (Å²) in [7, 11) is 3.37. The van der Waals surface area contributed by atoms with Crippen LogP contribution in [-0.4, -0.2) is 52.2 Å². The molecule has 0 aliphatic heterocycles. The molecule has 3 heterocycles. The monoisotopic (exact) mass is 400 g/mol. The van der Waals surface area contributed by atoms with Crippen molar-refractivity contribution in [1.29, 1.82) is 0 Å². The molecule has 0 spiro atoms. The van der Waals surface area contributed by atoms with Crippen molar-refractivity contribution < 1.29 is 19.5 Å². The quantitative estimate of drug-likeness (QED) is 0.482. The first-order valence-corrected chi connectivity index (χ1v) is 8.68. The van der Waals surface area contributed by atoms with Crippen molar-refractivity contribution in [2.45, 2.75) is 19.5 Å². The van der Waals surface area contributed by atoms with Crippen LogP contribution in [0.25, 0.3) is 0 Å². The van der Waals surface area contributed by atoms with Crippen molar-refractivity contribution in [3.63, 3.8) is 0 Å². The molecule has 3 rings (SSSR count). The fourth-order valence-electron chi connectivity index (χ4n) is 2.72. The fourth-order valence-corrected chi connectivity index (χ4v) is 2.72. The molecule has 0 aromatic carbocycles. The van der Waals surface area contributed by atoms with E-state index >= 15 is 0 Å². The van der Waals surface area contributed by atoms with Crippen molar-refractivity contribution in [2.75, 3.05) is 5.32 Å². The number of rotatable bonds is 8. The number of aryl methyl sites for hydroxylation is 3. The first-order valence-electron chi connectivity index (χ1n) is 8.68. The average Bonchev–Trinajstić information content (AvgIpc) is 3.38. The van der Waals surface area contributed by atoms with E-state index in [9.17, 15) is 14.4 Å². The molecule has 3 aromatic rings. The van der Waals surface area contributed by atoms with Gasteiger partial charge in [-0.15, -0.1) is 0 Å². The molecule has 3 N–H and O–H groups in total. The van der Waals surface area contributed by atoms with Crippen LogP contribution in [0.1, 0.15) is 33.0 Å². The van der Waals surface area contributed by atoms with Crippen molar-refractivity contribution in [2.24, 2.45) is 14.1 Å². The van der Waals surface area contributed by atoms with E-state index in [0.717, 1.165) is 5.56 Å². The summed E-state index contributed by atoms with van der Waals surface area (Å²) in [6, 6.07) is 1.47. The number of carbonyl (C=O) groups is 3. The lowest BCUT2D eigenvalue weighted by atomic mass is 10.3. The number of aromatic nitrogens is 6. The Hall–Kier alpha value is -3.96. The Labute approximate surface area is 165 Å². The average molecular weight is 400 g/mol. The summed E-state index contributed by atoms with van der Waals surface area (Å²) >= 11 is 0. The van der Waals surface area contributed by atoms with Gasteiger partial charge in [-0.1, -0.05) is 0 Å². The summed E-state index contributed by atoms with van der Waals surface area (Å²) < 4.78 is 4.28. The molecule has 0 aliphatic carbocycles. The second kappa shape index (κ2) is 8.37. The number of hydrogen-bond acceptors (Lipinski definition) is 6. The molecule has 3 aromatic heterocycles. The minimum atomic E-state index is -0.994. The largest absolute Gasteiger partial charge is 0.481 e. The van der Waals surface area contributed by atoms with Gasteiger partial charge in [0.05, 0.1) is 31.0 Å². The summed E-state index contributed by atoms with van der Waals surface area (Å²) in [6.07, 6.45) is 6.03. The number of nitrogens with one attached hydrogen (secondary N) is 2. The number of hydrogen-bond donors (Lipinski definition) is 3. The molecule has 0 saturated heterocycles. The summed E-state index contributed by atoms with van der Waals surface area (Å²) in [5.74, 6) is -1.93. The van der Waals surface area contributed by atoms with Crippen molar-refractivity contribution in [3.05, 3.63) is 47.8 Å². The SMILES string of the molecule is Cn1cc(CNC(=O)c2c(NC(=O)c3ccnn3CCC(=O)O)cnn2C)cn1. The Morgan fingerprint density at radius 1 is 1.10 bits per heavy atom. The minimum Gasteiger partial charge on any atom is -0.481 e. The van der Waals surface area contributed by atoms with Gasteiger partial charge in [-0.25, -0.2) is 0 Å². The summed E-state index contributed by atoms with van der Waals surface area (Å²) in [4.78, 5) is 36.0. The van der Waals surface area contributed by atoms with Gasteiger partial charge in [0.25, 0.3) is 11.8 Å². The molecule has 152 valence electrons. The first kappa shape index (κ1) is 19.8. The van der Waals surface area contributed by atoms with Crippen molar-refractivity contribution in [3.8, 4) is 0 Å². The third-order valence-corrected chi connectivity index (χ3v) is 4.10. The minimum absolute atomic E-state index is 0.0522. The zero-order valence-electron chi connectivity index (χ0n) is 15.9. The smallest absolute Gasteiger partial charge is 0.305 e. The van der Waals surface area contributed by atoms with Gasteiger partial charge in [0, 0.05) is 38.6 Å². The Kier molecular flexibility index (Phi) is 5.71. The fraction of sp³-hybridized carbons (Fsp3) is 0.294. The molecule has 0 fully saturated rings. The van der Waals surface area contributed by atoms with E-state index < -0.39 is 17.8 Å². The van der Waals surface area contributed by atoms with Crippen molar-refractivity contribution in [1.82, 2.24) is 34.7 Å². The van der Waals surface area contributed by atoms with Gasteiger partial charge in [-0.2, -0.15) is 15.3 Å². The van der Waals surface area contributed by atoms with Gasteiger partial charge >= 0.3 is 5.97 Å². The molecule has 0 radical (unpaired) electrons. The topological polar surface area (TPSA) is 149 Å². The van der Waals surface area contributed by atoms with Crippen LogP contribution in [0.5, 0.6) is 0 Å². The third kappa shape index (κ3) is 4.66. The first-order chi connectivity index (χ1) is 13.8. The van der Waals surface area contributed by atoms with Crippen LogP contribution < -0.4 is 10.6 Å². The lowest BCUT2D eigenvalue weighted by molar-refractivity contribution is -0.137.